The van der Waals surface area contributed by atoms with Crippen molar-refractivity contribution in [3.8, 4) is 0 Å². The van der Waals surface area contributed by atoms with Crippen molar-refractivity contribution in [1.82, 2.24) is 0 Å². The largest absolute Gasteiger partial charge is 0.375 e. The Hall–Kier alpha value is -0.0400. The molecule has 1 spiro atoms. The fraction of sp³-hybridized carbons (Fsp3) is 1.00. The summed E-state index contributed by atoms with van der Waals surface area (Å²) in [6, 6.07) is 0. The molecule has 0 bridgehead atoms. The third kappa shape index (κ3) is 1.98. The van der Waals surface area contributed by atoms with Gasteiger partial charge in [0.25, 0.3) is 0 Å². The maximum absolute atomic E-state index is 5.45. The number of ether oxygens (including phenoxy) is 1. The molecular formula is C9H18O. The van der Waals surface area contributed by atoms with Gasteiger partial charge in [0.15, 0.2) is 0 Å². The van der Waals surface area contributed by atoms with Gasteiger partial charge >= 0.3 is 0 Å². The summed E-state index contributed by atoms with van der Waals surface area (Å²) in [6.45, 7) is 5.28. The summed E-state index contributed by atoms with van der Waals surface area (Å²) in [5.74, 6) is 0. The van der Waals surface area contributed by atoms with E-state index in [1.54, 1.807) is 0 Å². The minimum absolute atomic E-state index is 0.444. The molecule has 2 rings (SSSR count). The Morgan fingerprint density at radius 3 is 2.00 bits per heavy atom. The van der Waals surface area contributed by atoms with Gasteiger partial charge < -0.3 is 4.74 Å². The molecule has 10 heavy (non-hydrogen) atoms. The fourth-order valence-corrected chi connectivity index (χ4v) is 1.29. The van der Waals surface area contributed by atoms with Crippen LogP contribution in [0.4, 0.5) is 0 Å². The van der Waals surface area contributed by atoms with Crippen molar-refractivity contribution in [2.24, 2.45) is 0 Å². The van der Waals surface area contributed by atoms with Crippen LogP contribution in [-0.2, 0) is 4.74 Å². The molecule has 1 heteroatoms. The lowest BCUT2D eigenvalue weighted by molar-refractivity contribution is 0.0909. The topological polar surface area (TPSA) is 9.23 Å². The van der Waals surface area contributed by atoms with Crippen molar-refractivity contribution in [3.05, 3.63) is 0 Å². The van der Waals surface area contributed by atoms with Crippen molar-refractivity contribution >= 4 is 0 Å². The molecule has 1 aliphatic heterocycles. The molecule has 0 atom stereocenters. The van der Waals surface area contributed by atoms with Crippen molar-refractivity contribution < 1.29 is 4.74 Å². The van der Waals surface area contributed by atoms with E-state index in [-0.39, 0.29) is 0 Å². The Morgan fingerprint density at radius 1 is 1.20 bits per heavy atom. The van der Waals surface area contributed by atoms with E-state index < -0.39 is 0 Å². The van der Waals surface area contributed by atoms with Crippen LogP contribution in [0.5, 0.6) is 0 Å². The van der Waals surface area contributed by atoms with E-state index in [4.69, 9.17) is 4.74 Å². The van der Waals surface area contributed by atoms with Gasteiger partial charge in [0, 0.05) is 6.61 Å². The van der Waals surface area contributed by atoms with E-state index >= 15 is 0 Å². The van der Waals surface area contributed by atoms with Crippen molar-refractivity contribution in [1.29, 1.82) is 0 Å². The average molecular weight is 142 g/mol. The van der Waals surface area contributed by atoms with Gasteiger partial charge in [-0.25, -0.2) is 0 Å². The van der Waals surface area contributed by atoms with Gasteiger partial charge in [-0.05, 0) is 25.7 Å². The molecule has 0 unspecified atom stereocenters. The Labute approximate surface area is 63.8 Å². The lowest BCUT2D eigenvalue weighted by Crippen LogP contribution is -2.02. The van der Waals surface area contributed by atoms with E-state index in [0.717, 1.165) is 6.61 Å². The Kier molecular flexibility index (Phi) is 2.72. The highest BCUT2D eigenvalue weighted by Gasteiger charge is 2.46. The van der Waals surface area contributed by atoms with E-state index in [1.165, 1.54) is 32.1 Å². The summed E-state index contributed by atoms with van der Waals surface area (Å²) in [7, 11) is 0. The van der Waals surface area contributed by atoms with Crippen LogP contribution in [0.15, 0.2) is 0 Å². The predicted molar refractivity (Wildman–Crippen MR) is 43.1 cm³/mol. The zero-order valence-corrected chi connectivity index (χ0v) is 7.15. The molecule has 1 saturated heterocycles. The molecule has 0 amide bonds. The first kappa shape index (κ1) is 8.06. The molecule has 0 aromatic rings. The molecule has 2 fully saturated rings. The highest BCUT2D eigenvalue weighted by molar-refractivity contribution is 4.98. The first-order valence-corrected chi connectivity index (χ1v) is 4.47. The standard InChI is InChI=1S/C6H10O.C3H8/c1-2-6(3-4-6)7-5-1;1-3-2/h1-5H2;3H2,1-2H3. The monoisotopic (exact) mass is 142 g/mol. The van der Waals surface area contributed by atoms with Gasteiger partial charge in [0.2, 0.25) is 0 Å². The maximum Gasteiger partial charge on any atom is 0.0685 e. The molecule has 1 heterocycles. The van der Waals surface area contributed by atoms with E-state index in [2.05, 4.69) is 13.8 Å². The zero-order chi connectivity index (χ0) is 7.45. The first-order chi connectivity index (χ1) is 4.83. The number of hydrogen-bond acceptors (Lipinski definition) is 1. The molecule has 2 aliphatic rings. The molecule has 1 nitrogen and oxygen atoms in total. The van der Waals surface area contributed by atoms with Gasteiger partial charge in [0.05, 0.1) is 5.60 Å². The van der Waals surface area contributed by atoms with Gasteiger partial charge in [-0.2, -0.15) is 0 Å². The second kappa shape index (κ2) is 3.38. The second-order valence-electron chi connectivity index (χ2n) is 3.34. The number of hydrogen-bond donors (Lipinski definition) is 0. The van der Waals surface area contributed by atoms with Crippen LogP contribution in [0.3, 0.4) is 0 Å². The summed E-state index contributed by atoms with van der Waals surface area (Å²) in [5.41, 5.74) is 0.444. The highest BCUT2D eigenvalue weighted by atomic mass is 16.5. The molecule has 0 radical (unpaired) electrons. The predicted octanol–water partition coefficient (Wildman–Crippen LogP) is 2.75. The Bertz CT molecular complexity index is 86.9. The zero-order valence-electron chi connectivity index (χ0n) is 7.15. The Balaban J connectivity index is 0.000000148. The minimum Gasteiger partial charge on any atom is -0.375 e. The maximum atomic E-state index is 5.45. The van der Waals surface area contributed by atoms with Crippen molar-refractivity contribution in [2.75, 3.05) is 6.61 Å². The van der Waals surface area contributed by atoms with Crippen LogP contribution < -0.4 is 0 Å². The van der Waals surface area contributed by atoms with Crippen molar-refractivity contribution in [3.63, 3.8) is 0 Å². The first-order valence-electron chi connectivity index (χ1n) is 4.47. The Morgan fingerprint density at radius 2 is 1.80 bits per heavy atom. The third-order valence-corrected chi connectivity index (χ3v) is 1.99. The summed E-state index contributed by atoms with van der Waals surface area (Å²) in [5, 5.41) is 0. The average Bonchev–Trinajstić information content (AvgIpc) is 2.42. The van der Waals surface area contributed by atoms with Crippen molar-refractivity contribution in [2.45, 2.75) is 51.6 Å². The third-order valence-electron chi connectivity index (χ3n) is 1.99. The molecule has 60 valence electrons. The summed E-state index contributed by atoms with van der Waals surface area (Å²) in [6.07, 6.45) is 6.58. The fourth-order valence-electron chi connectivity index (χ4n) is 1.29. The summed E-state index contributed by atoms with van der Waals surface area (Å²) in [4.78, 5) is 0. The molecular weight excluding hydrogens is 124 g/mol. The second-order valence-corrected chi connectivity index (χ2v) is 3.34. The summed E-state index contributed by atoms with van der Waals surface area (Å²) < 4.78 is 5.45. The smallest absolute Gasteiger partial charge is 0.0685 e. The lowest BCUT2D eigenvalue weighted by atomic mass is 10.2. The number of rotatable bonds is 0. The van der Waals surface area contributed by atoms with Gasteiger partial charge in [0.1, 0.15) is 0 Å². The van der Waals surface area contributed by atoms with Crippen LogP contribution in [-0.4, -0.2) is 12.2 Å². The molecule has 0 N–H and O–H groups in total. The van der Waals surface area contributed by atoms with Crippen LogP contribution >= 0.6 is 0 Å². The molecule has 0 aromatic carbocycles. The SMILES string of the molecule is C1COC2(C1)CC2.CCC. The van der Waals surface area contributed by atoms with Gasteiger partial charge in [-0.15, -0.1) is 0 Å². The van der Waals surface area contributed by atoms with Gasteiger partial charge in [-0.3, -0.25) is 0 Å². The quantitative estimate of drug-likeness (QED) is 0.505. The molecule has 0 aromatic heterocycles. The van der Waals surface area contributed by atoms with E-state index in [0.29, 0.717) is 5.60 Å². The van der Waals surface area contributed by atoms with Crippen LogP contribution in [0, 0.1) is 0 Å². The minimum atomic E-state index is 0.444. The molecule has 1 saturated carbocycles. The lowest BCUT2D eigenvalue weighted by Gasteiger charge is -2.00. The van der Waals surface area contributed by atoms with E-state index in [1.807, 2.05) is 0 Å². The summed E-state index contributed by atoms with van der Waals surface area (Å²) >= 11 is 0. The van der Waals surface area contributed by atoms with Gasteiger partial charge in [-0.1, -0.05) is 20.3 Å². The molecule has 1 aliphatic carbocycles. The highest BCUT2D eigenvalue weighted by Crippen LogP contribution is 2.46. The normalized spacial score (nSPS) is 25.8. The van der Waals surface area contributed by atoms with E-state index in [9.17, 15) is 0 Å². The van der Waals surface area contributed by atoms with Crippen LogP contribution in [0.25, 0.3) is 0 Å². The van der Waals surface area contributed by atoms with Crippen LogP contribution in [0.2, 0.25) is 0 Å². The van der Waals surface area contributed by atoms with Crippen LogP contribution in [0.1, 0.15) is 46.0 Å².